The molecule has 5 nitrogen and oxygen atoms in total. The Morgan fingerprint density at radius 2 is 1.89 bits per heavy atom. The number of carbonyl (C=O) groups excluding carboxylic acids is 1. The fourth-order valence-electron chi connectivity index (χ4n) is 3.30. The van der Waals surface area contributed by atoms with Gasteiger partial charge < -0.3 is 5.32 Å². The van der Waals surface area contributed by atoms with Crippen molar-refractivity contribution < 1.29 is 13.2 Å². The fraction of sp³-hybridized carbons (Fsp3) is 0.450. The molecule has 0 radical (unpaired) electrons. The topological polar surface area (TPSA) is 66.5 Å². The molecule has 1 aromatic carbocycles. The summed E-state index contributed by atoms with van der Waals surface area (Å²) >= 11 is 1.24. The predicted molar refractivity (Wildman–Crippen MR) is 108 cm³/mol. The largest absolute Gasteiger partial charge is 0.351 e. The van der Waals surface area contributed by atoms with Crippen molar-refractivity contribution in [3.63, 3.8) is 0 Å². The molecule has 1 amide bonds. The van der Waals surface area contributed by atoms with E-state index >= 15 is 0 Å². The van der Waals surface area contributed by atoms with E-state index in [9.17, 15) is 13.2 Å². The van der Waals surface area contributed by atoms with Gasteiger partial charge in [-0.3, -0.25) is 4.79 Å². The number of hydrogen-bond donors (Lipinski definition) is 1. The van der Waals surface area contributed by atoms with Crippen LogP contribution in [0.25, 0.3) is 0 Å². The standard InChI is InChI=1S/C20H26N2O3S2/c1-15-5-6-17(16(2)13-15)7-9-19(23)21-14-18-8-10-20(26-18)27(24,25)22-11-3-4-12-22/h5-6,8,10,13H,3-4,7,9,11-12,14H2,1-2H3,(H,21,23). The van der Waals surface area contributed by atoms with E-state index in [1.807, 2.05) is 0 Å². The van der Waals surface area contributed by atoms with Gasteiger partial charge in [-0.2, -0.15) is 4.31 Å². The summed E-state index contributed by atoms with van der Waals surface area (Å²) in [5.74, 6) is -0.0210. The van der Waals surface area contributed by atoms with Crippen molar-refractivity contribution in [2.24, 2.45) is 0 Å². The molecule has 0 unspecified atom stereocenters. The van der Waals surface area contributed by atoms with Crippen LogP contribution in [0.1, 0.15) is 40.8 Å². The van der Waals surface area contributed by atoms with Gasteiger partial charge in [0.05, 0.1) is 6.54 Å². The second-order valence-corrected chi connectivity index (χ2v) is 10.4. The molecule has 1 aliphatic heterocycles. The lowest BCUT2D eigenvalue weighted by atomic mass is 10.0. The summed E-state index contributed by atoms with van der Waals surface area (Å²) in [4.78, 5) is 13.0. The molecule has 146 valence electrons. The maximum atomic E-state index is 12.6. The number of hydrogen-bond acceptors (Lipinski definition) is 4. The van der Waals surface area contributed by atoms with Crippen LogP contribution in [-0.4, -0.2) is 31.7 Å². The second kappa shape index (κ2) is 8.54. The average Bonchev–Trinajstić information content (AvgIpc) is 3.31. The Bertz CT molecular complexity index is 913. The van der Waals surface area contributed by atoms with Crippen LogP contribution in [-0.2, 0) is 27.8 Å². The average molecular weight is 407 g/mol. The van der Waals surface area contributed by atoms with E-state index < -0.39 is 10.0 Å². The number of amides is 1. The number of sulfonamides is 1. The van der Waals surface area contributed by atoms with Crippen molar-refractivity contribution in [2.45, 2.75) is 50.3 Å². The third kappa shape index (κ3) is 4.97. The van der Waals surface area contributed by atoms with Crippen LogP contribution in [0.5, 0.6) is 0 Å². The number of nitrogens with one attached hydrogen (secondary N) is 1. The normalized spacial score (nSPS) is 15.2. The summed E-state index contributed by atoms with van der Waals surface area (Å²) in [6.45, 7) is 5.69. The van der Waals surface area contributed by atoms with Crippen molar-refractivity contribution in [1.82, 2.24) is 9.62 Å². The summed E-state index contributed by atoms with van der Waals surface area (Å²) in [6, 6.07) is 9.70. The lowest BCUT2D eigenvalue weighted by Crippen LogP contribution is -2.27. The first-order chi connectivity index (χ1) is 12.9. The lowest BCUT2D eigenvalue weighted by Gasteiger charge is -2.13. The minimum Gasteiger partial charge on any atom is -0.351 e. The van der Waals surface area contributed by atoms with Crippen LogP contribution < -0.4 is 5.32 Å². The monoisotopic (exact) mass is 406 g/mol. The Hall–Kier alpha value is -1.70. The highest BCUT2D eigenvalue weighted by Gasteiger charge is 2.28. The van der Waals surface area contributed by atoms with E-state index in [1.165, 1.54) is 28.0 Å². The molecule has 3 rings (SSSR count). The molecule has 1 aromatic heterocycles. The van der Waals surface area contributed by atoms with Gasteiger partial charge in [-0.15, -0.1) is 11.3 Å². The van der Waals surface area contributed by atoms with Crippen LogP contribution in [0.3, 0.4) is 0 Å². The molecule has 2 heterocycles. The maximum absolute atomic E-state index is 12.6. The van der Waals surface area contributed by atoms with E-state index in [0.29, 0.717) is 36.7 Å². The molecule has 0 spiro atoms. The van der Waals surface area contributed by atoms with E-state index in [0.717, 1.165) is 17.7 Å². The first-order valence-electron chi connectivity index (χ1n) is 9.28. The van der Waals surface area contributed by atoms with Gasteiger partial charge in [-0.1, -0.05) is 23.8 Å². The number of rotatable bonds is 7. The number of aryl methyl sites for hydroxylation is 3. The Kier molecular flexibility index (Phi) is 6.34. The van der Waals surface area contributed by atoms with E-state index in [-0.39, 0.29) is 5.91 Å². The van der Waals surface area contributed by atoms with Crippen molar-refractivity contribution >= 4 is 27.3 Å². The molecule has 0 atom stereocenters. The van der Waals surface area contributed by atoms with Gasteiger partial charge in [-0.25, -0.2) is 8.42 Å². The minimum absolute atomic E-state index is 0.0210. The zero-order valence-electron chi connectivity index (χ0n) is 15.8. The molecule has 0 aliphatic carbocycles. The first kappa shape index (κ1) is 20.0. The molecule has 1 N–H and O–H groups in total. The lowest BCUT2D eigenvalue weighted by molar-refractivity contribution is -0.121. The molecule has 0 bridgehead atoms. The van der Waals surface area contributed by atoms with Gasteiger partial charge in [0.1, 0.15) is 4.21 Å². The smallest absolute Gasteiger partial charge is 0.252 e. The second-order valence-electron chi connectivity index (χ2n) is 7.04. The third-order valence-electron chi connectivity index (χ3n) is 4.88. The van der Waals surface area contributed by atoms with Crippen molar-refractivity contribution in [3.05, 3.63) is 51.9 Å². The molecule has 1 aliphatic rings. The molecule has 1 saturated heterocycles. The number of benzene rings is 1. The molecule has 27 heavy (non-hydrogen) atoms. The number of nitrogens with zero attached hydrogens (tertiary/aromatic N) is 1. The molecular formula is C20H26N2O3S2. The highest BCUT2D eigenvalue weighted by molar-refractivity contribution is 7.91. The molecule has 7 heteroatoms. The molecule has 0 saturated carbocycles. The zero-order chi connectivity index (χ0) is 19.4. The van der Waals surface area contributed by atoms with Crippen molar-refractivity contribution in [1.29, 1.82) is 0 Å². The summed E-state index contributed by atoms with van der Waals surface area (Å²) in [7, 11) is -3.37. The number of thiophene rings is 1. The van der Waals surface area contributed by atoms with Gasteiger partial charge in [0.25, 0.3) is 10.0 Å². The Balaban J connectivity index is 1.51. The first-order valence-corrected chi connectivity index (χ1v) is 11.5. The third-order valence-corrected chi connectivity index (χ3v) is 8.33. The molecule has 1 fully saturated rings. The van der Waals surface area contributed by atoms with Crippen LogP contribution in [0, 0.1) is 13.8 Å². The summed E-state index contributed by atoms with van der Waals surface area (Å²) in [5, 5.41) is 2.90. The maximum Gasteiger partial charge on any atom is 0.252 e. The van der Waals surface area contributed by atoms with Gasteiger partial charge >= 0.3 is 0 Å². The van der Waals surface area contributed by atoms with E-state index in [1.54, 1.807) is 16.4 Å². The van der Waals surface area contributed by atoms with Gasteiger partial charge in [0.2, 0.25) is 5.91 Å². The Morgan fingerprint density at radius 3 is 2.59 bits per heavy atom. The van der Waals surface area contributed by atoms with E-state index in [4.69, 9.17) is 0 Å². The predicted octanol–water partition coefficient (Wildman–Crippen LogP) is 3.40. The van der Waals surface area contributed by atoms with Crippen LogP contribution in [0.15, 0.2) is 34.5 Å². The summed E-state index contributed by atoms with van der Waals surface area (Å²) < 4.78 is 27.0. The van der Waals surface area contributed by atoms with Gasteiger partial charge in [-0.05, 0) is 56.4 Å². The van der Waals surface area contributed by atoms with Crippen molar-refractivity contribution in [3.8, 4) is 0 Å². The quantitative estimate of drug-likeness (QED) is 0.766. The van der Waals surface area contributed by atoms with Crippen LogP contribution >= 0.6 is 11.3 Å². The minimum atomic E-state index is -3.37. The van der Waals surface area contributed by atoms with Gasteiger partial charge in [0.15, 0.2) is 0 Å². The SMILES string of the molecule is Cc1ccc(CCC(=O)NCc2ccc(S(=O)(=O)N3CCCC3)s2)c(C)c1. The number of carbonyl (C=O) groups is 1. The molecular weight excluding hydrogens is 380 g/mol. The van der Waals surface area contributed by atoms with Gasteiger partial charge in [0, 0.05) is 24.4 Å². The van der Waals surface area contributed by atoms with E-state index in [2.05, 4.69) is 37.4 Å². The summed E-state index contributed by atoms with van der Waals surface area (Å²) in [5.41, 5.74) is 3.61. The van der Waals surface area contributed by atoms with Crippen LogP contribution in [0.4, 0.5) is 0 Å². The highest BCUT2D eigenvalue weighted by atomic mass is 32.2. The summed E-state index contributed by atoms with van der Waals surface area (Å²) in [6.07, 6.45) is 2.98. The Morgan fingerprint density at radius 1 is 1.15 bits per heavy atom. The fourth-order valence-corrected chi connectivity index (χ4v) is 6.26. The molecule has 2 aromatic rings. The highest BCUT2D eigenvalue weighted by Crippen LogP contribution is 2.27. The zero-order valence-corrected chi connectivity index (χ0v) is 17.5. The van der Waals surface area contributed by atoms with Crippen LogP contribution in [0.2, 0.25) is 0 Å². The van der Waals surface area contributed by atoms with Crippen molar-refractivity contribution in [2.75, 3.05) is 13.1 Å². The Labute approximate surface area is 165 Å².